The lowest BCUT2D eigenvalue weighted by Gasteiger charge is -2.23. The van der Waals surface area contributed by atoms with Crippen molar-refractivity contribution >= 4 is 0 Å². The molecule has 0 saturated carbocycles. The lowest BCUT2D eigenvalue weighted by molar-refractivity contribution is -0.174. The van der Waals surface area contributed by atoms with E-state index in [0.717, 1.165) is 4.68 Å². The number of nitrogens with zero attached hydrogens (tertiary/aromatic N) is 2. The number of alkyl halides is 3. The van der Waals surface area contributed by atoms with Crippen molar-refractivity contribution < 1.29 is 13.2 Å². The fraction of sp³-hybridized carbons (Fsp3) is 0.571. The van der Waals surface area contributed by atoms with Crippen molar-refractivity contribution in [3.05, 3.63) is 18.5 Å². The molecule has 2 N–H and O–H groups in total. The van der Waals surface area contributed by atoms with Crippen LogP contribution in [0, 0.1) is 0 Å². The molecule has 0 spiro atoms. The van der Waals surface area contributed by atoms with Gasteiger partial charge in [-0.05, 0) is 13.0 Å². The second-order valence-electron chi connectivity index (χ2n) is 2.83. The molecule has 1 aromatic heterocycles. The predicted octanol–water partition coefficient (Wildman–Crippen LogP) is 1.33. The number of rotatable bonds is 2. The van der Waals surface area contributed by atoms with Crippen molar-refractivity contribution in [3.8, 4) is 0 Å². The molecule has 0 aromatic carbocycles. The first-order valence-corrected chi connectivity index (χ1v) is 3.74. The number of halogens is 3. The molecule has 74 valence electrons. The summed E-state index contributed by atoms with van der Waals surface area (Å²) in [5.41, 5.74) is 5.23. The summed E-state index contributed by atoms with van der Waals surface area (Å²) in [4.78, 5) is 0. The fourth-order valence-electron chi connectivity index (χ4n) is 1.13. The Morgan fingerprint density at radius 2 is 2.08 bits per heavy atom. The monoisotopic (exact) mass is 193 g/mol. The molecule has 1 heterocycles. The van der Waals surface area contributed by atoms with E-state index >= 15 is 0 Å². The zero-order valence-corrected chi connectivity index (χ0v) is 6.99. The molecule has 0 saturated heterocycles. The molecule has 6 heteroatoms. The van der Waals surface area contributed by atoms with Crippen LogP contribution in [-0.2, 0) is 0 Å². The maximum Gasteiger partial charge on any atom is 0.412 e. The molecule has 0 fully saturated rings. The third-order valence-corrected chi connectivity index (χ3v) is 1.64. The molecule has 0 aliphatic rings. The first-order valence-electron chi connectivity index (χ1n) is 3.74. The molecular weight excluding hydrogens is 183 g/mol. The zero-order valence-electron chi connectivity index (χ0n) is 6.99. The number of hydrogen-bond acceptors (Lipinski definition) is 2. The summed E-state index contributed by atoms with van der Waals surface area (Å²) in [7, 11) is 0. The maximum atomic E-state index is 12.4. The Balaban J connectivity index is 2.94. The summed E-state index contributed by atoms with van der Waals surface area (Å²) < 4.78 is 38.0. The largest absolute Gasteiger partial charge is 0.412 e. The highest BCUT2D eigenvalue weighted by Crippen LogP contribution is 2.31. The molecule has 0 aliphatic heterocycles. The first-order chi connectivity index (χ1) is 5.93. The van der Waals surface area contributed by atoms with Crippen molar-refractivity contribution in [1.29, 1.82) is 0 Å². The predicted molar refractivity (Wildman–Crippen MR) is 41.0 cm³/mol. The van der Waals surface area contributed by atoms with Crippen LogP contribution in [0.25, 0.3) is 0 Å². The van der Waals surface area contributed by atoms with Gasteiger partial charge in [-0.25, -0.2) is 0 Å². The number of aromatic nitrogens is 2. The summed E-state index contributed by atoms with van der Waals surface area (Å²) in [5, 5.41) is 3.52. The molecule has 2 atom stereocenters. The van der Waals surface area contributed by atoms with Gasteiger partial charge in [0.1, 0.15) is 0 Å². The lowest BCUT2D eigenvalue weighted by Crippen LogP contribution is -2.40. The van der Waals surface area contributed by atoms with E-state index in [2.05, 4.69) is 5.10 Å². The highest BCUT2D eigenvalue weighted by molar-refractivity contribution is 4.87. The Morgan fingerprint density at radius 1 is 1.46 bits per heavy atom. The molecule has 0 radical (unpaired) electrons. The van der Waals surface area contributed by atoms with E-state index < -0.39 is 18.3 Å². The second-order valence-corrected chi connectivity index (χ2v) is 2.83. The van der Waals surface area contributed by atoms with Gasteiger partial charge in [0.15, 0.2) is 6.04 Å². The Hall–Kier alpha value is -1.04. The number of nitrogens with two attached hydrogens (primary N) is 1. The van der Waals surface area contributed by atoms with Crippen molar-refractivity contribution in [2.45, 2.75) is 25.2 Å². The topological polar surface area (TPSA) is 43.8 Å². The lowest BCUT2D eigenvalue weighted by atomic mass is 10.1. The molecule has 1 rings (SSSR count). The van der Waals surface area contributed by atoms with Crippen LogP contribution < -0.4 is 5.73 Å². The minimum atomic E-state index is -4.36. The summed E-state index contributed by atoms with van der Waals surface area (Å²) >= 11 is 0. The third kappa shape index (κ3) is 2.21. The van der Waals surface area contributed by atoms with E-state index in [0.29, 0.717) is 0 Å². The van der Waals surface area contributed by atoms with Gasteiger partial charge in [0.05, 0.1) is 0 Å². The van der Waals surface area contributed by atoms with Crippen molar-refractivity contribution in [3.63, 3.8) is 0 Å². The Labute approximate surface area is 73.3 Å². The first kappa shape index (κ1) is 10.0. The maximum absolute atomic E-state index is 12.4. The van der Waals surface area contributed by atoms with Gasteiger partial charge < -0.3 is 5.73 Å². The van der Waals surface area contributed by atoms with E-state index in [1.807, 2.05) is 0 Å². The molecule has 0 aliphatic carbocycles. The normalized spacial score (nSPS) is 17.0. The van der Waals surface area contributed by atoms with Crippen LogP contribution >= 0.6 is 0 Å². The summed E-state index contributed by atoms with van der Waals surface area (Å²) in [6.45, 7) is 1.31. The van der Waals surface area contributed by atoms with Crippen molar-refractivity contribution in [2.75, 3.05) is 0 Å². The zero-order chi connectivity index (χ0) is 10.1. The van der Waals surface area contributed by atoms with Crippen LogP contribution in [0.3, 0.4) is 0 Å². The molecule has 0 bridgehead atoms. The van der Waals surface area contributed by atoms with E-state index in [9.17, 15) is 13.2 Å². The smallest absolute Gasteiger partial charge is 0.326 e. The van der Waals surface area contributed by atoms with Crippen molar-refractivity contribution in [1.82, 2.24) is 9.78 Å². The van der Waals surface area contributed by atoms with E-state index in [1.54, 1.807) is 0 Å². The third-order valence-electron chi connectivity index (χ3n) is 1.64. The Morgan fingerprint density at radius 3 is 2.38 bits per heavy atom. The summed E-state index contributed by atoms with van der Waals surface area (Å²) in [5.74, 6) is 0. The van der Waals surface area contributed by atoms with Gasteiger partial charge in [0, 0.05) is 18.4 Å². The standard InChI is InChI=1S/C7H10F3N3/c1-5(11)6(7(8,9)10)13-4-2-3-12-13/h2-6H,11H2,1H3. The SMILES string of the molecule is CC(N)C(n1cccn1)C(F)(F)F. The quantitative estimate of drug-likeness (QED) is 0.770. The second kappa shape index (κ2) is 3.37. The molecule has 3 nitrogen and oxygen atoms in total. The Kier molecular flexibility index (Phi) is 2.60. The van der Waals surface area contributed by atoms with Crippen LogP contribution in [0.1, 0.15) is 13.0 Å². The van der Waals surface area contributed by atoms with Gasteiger partial charge in [0.2, 0.25) is 0 Å². The minimum absolute atomic E-state index is 0.824. The molecule has 0 amide bonds. The van der Waals surface area contributed by atoms with Crippen molar-refractivity contribution in [2.24, 2.45) is 5.73 Å². The van der Waals surface area contributed by atoms with Gasteiger partial charge in [-0.15, -0.1) is 0 Å². The van der Waals surface area contributed by atoms with Gasteiger partial charge in [-0.2, -0.15) is 18.3 Å². The highest BCUT2D eigenvalue weighted by Gasteiger charge is 2.43. The van der Waals surface area contributed by atoms with Crippen LogP contribution in [0.5, 0.6) is 0 Å². The summed E-state index contributed by atoms with van der Waals surface area (Å²) in [6, 6.07) is -1.33. The van der Waals surface area contributed by atoms with Crippen LogP contribution in [0.4, 0.5) is 13.2 Å². The molecule has 2 unspecified atom stereocenters. The molecular formula is C7H10F3N3. The molecule has 1 aromatic rings. The highest BCUT2D eigenvalue weighted by atomic mass is 19.4. The van der Waals surface area contributed by atoms with E-state index in [-0.39, 0.29) is 0 Å². The number of hydrogen-bond donors (Lipinski definition) is 1. The average Bonchev–Trinajstić information content (AvgIpc) is 2.34. The van der Waals surface area contributed by atoms with Gasteiger partial charge >= 0.3 is 6.18 Å². The Bertz CT molecular complexity index is 252. The molecule has 13 heavy (non-hydrogen) atoms. The van der Waals surface area contributed by atoms with Gasteiger partial charge in [-0.1, -0.05) is 0 Å². The van der Waals surface area contributed by atoms with E-state index in [4.69, 9.17) is 5.73 Å². The van der Waals surface area contributed by atoms with E-state index in [1.165, 1.54) is 25.4 Å². The van der Waals surface area contributed by atoms with Crippen LogP contribution in [-0.4, -0.2) is 22.0 Å². The van der Waals surface area contributed by atoms with Crippen LogP contribution in [0.15, 0.2) is 18.5 Å². The van der Waals surface area contributed by atoms with Gasteiger partial charge in [-0.3, -0.25) is 4.68 Å². The average molecular weight is 193 g/mol. The van der Waals surface area contributed by atoms with Gasteiger partial charge in [0.25, 0.3) is 0 Å². The summed E-state index contributed by atoms with van der Waals surface area (Å²) in [6.07, 6.45) is -1.82. The van der Waals surface area contributed by atoms with Crippen LogP contribution in [0.2, 0.25) is 0 Å². The minimum Gasteiger partial charge on any atom is -0.326 e. The fourth-order valence-corrected chi connectivity index (χ4v) is 1.13.